The van der Waals surface area contributed by atoms with Crippen LogP contribution in [0.1, 0.15) is 24.0 Å². The highest BCUT2D eigenvalue weighted by atomic mass is 35.5. The van der Waals surface area contributed by atoms with Crippen molar-refractivity contribution >= 4 is 52.7 Å². The number of hydrogen-bond donors (Lipinski definition) is 3. The third-order valence-corrected chi connectivity index (χ3v) is 5.31. The normalized spacial score (nSPS) is 17.0. The lowest BCUT2D eigenvalue weighted by Gasteiger charge is -2.12. The van der Waals surface area contributed by atoms with Crippen LogP contribution in [0.4, 0.5) is 22.2 Å². The summed E-state index contributed by atoms with van der Waals surface area (Å²) < 4.78 is 1.63. The zero-order chi connectivity index (χ0) is 22.4. The summed E-state index contributed by atoms with van der Waals surface area (Å²) >= 11 is 6.25. The van der Waals surface area contributed by atoms with E-state index in [1.54, 1.807) is 16.8 Å². The SMILES string of the molecule is CN1C(=O)N/C(=C\c2cnn3c(NC4CC4)cc(Nc4ncc(C#N)cc4Cl)nc23)C1=O. The molecule has 11 nitrogen and oxygen atoms in total. The number of hydrogen-bond acceptors (Lipinski definition) is 8. The first kappa shape index (κ1) is 19.8. The monoisotopic (exact) mass is 449 g/mol. The Morgan fingerprint density at radius 3 is 2.78 bits per heavy atom. The molecule has 3 aromatic rings. The molecule has 32 heavy (non-hydrogen) atoms. The lowest BCUT2D eigenvalue weighted by molar-refractivity contribution is -0.121. The number of halogens is 1. The van der Waals surface area contributed by atoms with E-state index >= 15 is 0 Å². The number of carbonyl (C=O) groups is 2. The second-order valence-corrected chi connectivity index (χ2v) is 7.83. The molecule has 0 unspecified atom stereocenters. The quantitative estimate of drug-likeness (QED) is 0.398. The van der Waals surface area contributed by atoms with E-state index in [-0.39, 0.29) is 10.7 Å². The maximum Gasteiger partial charge on any atom is 0.328 e. The van der Waals surface area contributed by atoms with Crippen LogP contribution in [-0.2, 0) is 4.79 Å². The highest BCUT2D eigenvalue weighted by Crippen LogP contribution is 2.29. The number of imide groups is 1. The van der Waals surface area contributed by atoms with E-state index in [9.17, 15) is 9.59 Å². The molecule has 0 aromatic carbocycles. The number of fused-ring (bicyclic) bond motifs is 1. The summed E-state index contributed by atoms with van der Waals surface area (Å²) in [6, 6.07) is 5.13. The number of likely N-dealkylation sites (N-methyl/N-ethyl adjacent to an activating group) is 1. The predicted octanol–water partition coefficient (Wildman–Crippen LogP) is 2.49. The number of aromatic nitrogens is 4. The van der Waals surface area contributed by atoms with Crippen molar-refractivity contribution < 1.29 is 9.59 Å². The number of nitrogens with one attached hydrogen (secondary N) is 3. The lowest BCUT2D eigenvalue weighted by Crippen LogP contribution is -2.25. The predicted molar refractivity (Wildman–Crippen MR) is 116 cm³/mol. The van der Waals surface area contributed by atoms with Crippen molar-refractivity contribution in [1.29, 1.82) is 5.26 Å². The first-order valence-electron chi connectivity index (χ1n) is 9.71. The molecule has 160 valence electrons. The summed E-state index contributed by atoms with van der Waals surface area (Å²) in [4.78, 5) is 33.8. The second-order valence-electron chi connectivity index (χ2n) is 7.42. The molecule has 4 heterocycles. The van der Waals surface area contributed by atoms with Gasteiger partial charge in [0.15, 0.2) is 5.65 Å². The van der Waals surface area contributed by atoms with Crippen LogP contribution >= 0.6 is 11.6 Å². The number of nitriles is 1. The first-order chi connectivity index (χ1) is 15.4. The number of carbonyl (C=O) groups excluding carboxylic acids is 2. The van der Waals surface area contributed by atoms with E-state index in [0.29, 0.717) is 40.3 Å². The summed E-state index contributed by atoms with van der Waals surface area (Å²) in [5.41, 5.74) is 1.50. The summed E-state index contributed by atoms with van der Waals surface area (Å²) in [5, 5.41) is 22.7. The van der Waals surface area contributed by atoms with Crippen molar-refractivity contribution in [3.63, 3.8) is 0 Å². The number of urea groups is 1. The van der Waals surface area contributed by atoms with Crippen LogP contribution in [0.5, 0.6) is 0 Å². The fourth-order valence-electron chi connectivity index (χ4n) is 3.18. The minimum absolute atomic E-state index is 0.140. The molecule has 2 aliphatic rings. The standard InChI is InChI=1S/C20H16ClN9O2/c1-29-19(31)14(26-20(29)32)5-11-9-24-30-16(25-12-2-3-12)6-15(28-18(11)30)27-17-13(21)4-10(7-22)8-23-17/h4-6,8-9,12,25H,2-3H2,1H3,(H,26,32)(H,23,27,28)/b14-5-. The summed E-state index contributed by atoms with van der Waals surface area (Å²) in [6.07, 6.45) is 6.63. The van der Waals surface area contributed by atoms with E-state index in [1.807, 2.05) is 6.07 Å². The van der Waals surface area contributed by atoms with E-state index in [0.717, 1.165) is 17.7 Å². The van der Waals surface area contributed by atoms with Crippen LogP contribution in [0.25, 0.3) is 11.7 Å². The molecule has 1 aliphatic heterocycles. The van der Waals surface area contributed by atoms with E-state index in [4.69, 9.17) is 16.9 Å². The molecule has 3 amide bonds. The Labute approximate surface area is 186 Å². The van der Waals surface area contributed by atoms with Gasteiger partial charge in [-0.1, -0.05) is 11.6 Å². The van der Waals surface area contributed by atoms with Crippen LogP contribution in [0.3, 0.4) is 0 Å². The average Bonchev–Trinajstić information content (AvgIpc) is 3.46. The van der Waals surface area contributed by atoms with Crippen LogP contribution in [0.2, 0.25) is 5.02 Å². The number of rotatable bonds is 5. The van der Waals surface area contributed by atoms with Gasteiger partial charge in [0.05, 0.1) is 16.8 Å². The minimum Gasteiger partial charge on any atom is -0.367 e. The number of nitrogens with zero attached hydrogens (tertiary/aromatic N) is 6. The molecule has 3 N–H and O–H groups in total. The fourth-order valence-corrected chi connectivity index (χ4v) is 3.39. The molecule has 1 saturated carbocycles. The molecule has 5 rings (SSSR count). The Bertz CT molecular complexity index is 1350. The van der Waals surface area contributed by atoms with Gasteiger partial charge in [0.25, 0.3) is 5.91 Å². The van der Waals surface area contributed by atoms with Gasteiger partial charge in [-0.2, -0.15) is 14.9 Å². The van der Waals surface area contributed by atoms with Crippen LogP contribution in [0.15, 0.2) is 30.2 Å². The molecule has 1 aliphatic carbocycles. The second kappa shape index (κ2) is 7.51. The van der Waals surface area contributed by atoms with E-state index in [2.05, 4.69) is 31.0 Å². The van der Waals surface area contributed by atoms with Crippen molar-refractivity contribution in [2.75, 3.05) is 17.7 Å². The Kier molecular flexibility index (Phi) is 4.64. The van der Waals surface area contributed by atoms with Gasteiger partial charge in [-0.05, 0) is 25.0 Å². The molecule has 2 fully saturated rings. The van der Waals surface area contributed by atoms with Gasteiger partial charge in [0, 0.05) is 30.9 Å². The van der Waals surface area contributed by atoms with Gasteiger partial charge in [-0.25, -0.2) is 14.8 Å². The van der Waals surface area contributed by atoms with Crippen LogP contribution in [-0.4, -0.2) is 49.5 Å². The smallest absolute Gasteiger partial charge is 0.328 e. The zero-order valence-electron chi connectivity index (χ0n) is 16.8. The van der Waals surface area contributed by atoms with E-state index < -0.39 is 11.9 Å². The van der Waals surface area contributed by atoms with Crippen molar-refractivity contribution in [1.82, 2.24) is 29.8 Å². The Morgan fingerprint density at radius 1 is 1.31 bits per heavy atom. The average molecular weight is 450 g/mol. The van der Waals surface area contributed by atoms with Gasteiger partial charge in [-0.3, -0.25) is 9.69 Å². The molecular formula is C20H16ClN9O2. The maximum atomic E-state index is 12.3. The van der Waals surface area contributed by atoms with Gasteiger partial charge in [0.2, 0.25) is 0 Å². The highest BCUT2D eigenvalue weighted by Gasteiger charge is 2.30. The number of anilines is 3. The largest absolute Gasteiger partial charge is 0.367 e. The van der Waals surface area contributed by atoms with E-state index in [1.165, 1.54) is 25.4 Å². The van der Waals surface area contributed by atoms with Crippen molar-refractivity contribution in [2.45, 2.75) is 18.9 Å². The Morgan fingerprint density at radius 2 is 2.12 bits per heavy atom. The summed E-state index contributed by atoms with van der Waals surface area (Å²) in [7, 11) is 1.40. The Balaban J connectivity index is 1.57. The van der Waals surface area contributed by atoms with Gasteiger partial charge < -0.3 is 16.0 Å². The summed E-state index contributed by atoms with van der Waals surface area (Å²) in [6.45, 7) is 0. The number of amides is 3. The highest BCUT2D eigenvalue weighted by molar-refractivity contribution is 6.33. The van der Waals surface area contributed by atoms with Gasteiger partial charge in [-0.15, -0.1) is 0 Å². The van der Waals surface area contributed by atoms with Gasteiger partial charge in [0.1, 0.15) is 29.2 Å². The topological polar surface area (TPSA) is 140 Å². The summed E-state index contributed by atoms with van der Waals surface area (Å²) in [5.74, 6) is 1.06. The molecule has 0 radical (unpaired) electrons. The first-order valence-corrected chi connectivity index (χ1v) is 10.1. The van der Waals surface area contributed by atoms with Crippen molar-refractivity contribution in [2.24, 2.45) is 0 Å². The minimum atomic E-state index is -0.495. The molecule has 3 aromatic heterocycles. The third-order valence-electron chi connectivity index (χ3n) is 5.03. The third kappa shape index (κ3) is 3.57. The molecule has 0 bridgehead atoms. The molecule has 0 atom stereocenters. The lowest BCUT2D eigenvalue weighted by atomic mass is 10.2. The van der Waals surface area contributed by atoms with Gasteiger partial charge >= 0.3 is 6.03 Å². The zero-order valence-corrected chi connectivity index (χ0v) is 17.5. The number of pyridine rings is 1. The maximum absolute atomic E-state index is 12.3. The van der Waals surface area contributed by atoms with Crippen LogP contribution in [0, 0.1) is 11.3 Å². The molecular weight excluding hydrogens is 434 g/mol. The molecule has 12 heteroatoms. The molecule has 1 saturated heterocycles. The van der Waals surface area contributed by atoms with Crippen molar-refractivity contribution in [3.8, 4) is 6.07 Å². The Hall–Kier alpha value is -4.17. The fraction of sp³-hybridized carbons (Fsp3) is 0.200. The van der Waals surface area contributed by atoms with Crippen molar-refractivity contribution in [3.05, 3.63) is 46.4 Å². The van der Waals surface area contributed by atoms with Crippen LogP contribution < -0.4 is 16.0 Å². The molecule has 0 spiro atoms.